The Bertz CT molecular complexity index is 446. The van der Waals surface area contributed by atoms with Crippen LogP contribution in [0.3, 0.4) is 0 Å². The fourth-order valence-corrected chi connectivity index (χ4v) is 3.22. The number of carbonyl (C=O) groups excluding carboxylic acids is 1. The number of rotatable bonds is 3. The topological polar surface area (TPSA) is 29.1 Å². The standard InChI is InChI=1S/C15H18ClNO/c1-9(10-2-4-14(16)5-3-10)17-15(18)13-7-11-6-12(11)8-13/h2-5,9,11-13H,6-8H2,1H3,(H,17,18)/t9-,11?,12?,13?/m1/s1. The molecule has 2 aliphatic carbocycles. The van der Waals surface area contributed by atoms with Crippen molar-refractivity contribution in [3.05, 3.63) is 34.9 Å². The van der Waals surface area contributed by atoms with Gasteiger partial charge in [-0.3, -0.25) is 4.79 Å². The Morgan fingerprint density at radius 2 is 1.83 bits per heavy atom. The quantitative estimate of drug-likeness (QED) is 0.888. The second-order valence-corrected chi connectivity index (χ2v) is 6.14. The predicted octanol–water partition coefficient (Wildman–Crippen LogP) is 3.56. The van der Waals surface area contributed by atoms with Gasteiger partial charge in [-0.05, 0) is 55.7 Å². The van der Waals surface area contributed by atoms with Crippen molar-refractivity contribution in [3.63, 3.8) is 0 Å². The molecule has 1 aromatic rings. The Labute approximate surface area is 113 Å². The van der Waals surface area contributed by atoms with Crippen molar-refractivity contribution in [2.75, 3.05) is 0 Å². The Balaban J connectivity index is 1.58. The summed E-state index contributed by atoms with van der Waals surface area (Å²) in [5, 5.41) is 3.85. The molecule has 2 unspecified atom stereocenters. The molecule has 18 heavy (non-hydrogen) atoms. The van der Waals surface area contributed by atoms with Crippen LogP contribution < -0.4 is 5.32 Å². The van der Waals surface area contributed by atoms with Gasteiger partial charge in [0.25, 0.3) is 0 Å². The molecule has 1 N–H and O–H groups in total. The molecule has 0 bridgehead atoms. The van der Waals surface area contributed by atoms with E-state index >= 15 is 0 Å². The molecule has 3 heteroatoms. The minimum absolute atomic E-state index is 0.0618. The average Bonchev–Trinajstić information content (AvgIpc) is 2.96. The fourth-order valence-electron chi connectivity index (χ4n) is 3.09. The zero-order valence-corrected chi connectivity index (χ0v) is 11.3. The van der Waals surface area contributed by atoms with Crippen molar-refractivity contribution < 1.29 is 4.79 Å². The van der Waals surface area contributed by atoms with Crippen LogP contribution in [0.4, 0.5) is 0 Å². The van der Waals surface area contributed by atoms with Crippen LogP contribution >= 0.6 is 11.6 Å². The second kappa shape index (κ2) is 4.58. The second-order valence-electron chi connectivity index (χ2n) is 5.71. The number of halogens is 1. The van der Waals surface area contributed by atoms with Gasteiger partial charge in [-0.15, -0.1) is 0 Å². The Morgan fingerprint density at radius 3 is 2.44 bits per heavy atom. The van der Waals surface area contributed by atoms with Crippen LogP contribution in [0.25, 0.3) is 0 Å². The van der Waals surface area contributed by atoms with Crippen LogP contribution in [0, 0.1) is 17.8 Å². The maximum Gasteiger partial charge on any atom is 0.223 e. The van der Waals surface area contributed by atoms with Gasteiger partial charge in [-0.25, -0.2) is 0 Å². The Morgan fingerprint density at radius 1 is 1.22 bits per heavy atom. The van der Waals surface area contributed by atoms with E-state index in [1.807, 2.05) is 31.2 Å². The first-order valence-electron chi connectivity index (χ1n) is 6.69. The van der Waals surface area contributed by atoms with Gasteiger partial charge >= 0.3 is 0 Å². The maximum absolute atomic E-state index is 12.1. The lowest BCUT2D eigenvalue weighted by molar-refractivity contribution is -0.125. The predicted molar refractivity (Wildman–Crippen MR) is 72.3 cm³/mol. The Kier molecular flexibility index (Phi) is 3.06. The van der Waals surface area contributed by atoms with Crippen LogP contribution in [0.2, 0.25) is 5.02 Å². The molecule has 0 radical (unpaired) electrons. The molecule has 3 rings (SSSR count). The van der Waals surface area contributed by atoms with Crippen molar-refractivity contribution >= 4 is 17.5 Å². The molecule has 0 spiro atoms. The van der Waals surface area contributed by atoms with Crippen LogP contribution in [0.5, 0.6) is 0 Å². The van der Waals surface area contributed by atoms with Crippen molar-refractivity contribution in [2.24, 2.45) is 17.8 Å². The normalized spacial score (nSPS) is 30.7. The number of carbonyl (C=O) groups is 1. The van der Waals surface area contributed by atoms with E-state index in [0.29, 0.717) is 0 Å². The zero-order chi connectivity index (χ0) is 12.7. The van der Waals surface area contributed by atoms with Gasteiger partial charge in [0.05, 0.1) is 6.04 Å². The van der Waals surface area contributed by atoms with Gasteiger partial charge in [0.1, 0.15) is 0 Å². The summed E-state index contributed by atoms with van der Waals surface area (Å²) in [6.07, 6.45) is 3.56. The molecule has 0 aromatic heterocycles. The van der Waals surface area contributed by atoms with Crippen LogP contribution in [0.15, 0.2) is 24.3 Å². The highest BCUT2D eigenvalue weighted by molar-refractivity contribution is 6.30. The SMILES string of the molecule is C[C@@H](NC(=O)C1CC2CC2C1)c1ccc(Cl)cc1. The monoisotopic (exact) mass is 263 g/mol. The van der Waals surface area contributed by atoms with E-state index in [9.17, 15) is 4.79 Å². The summed E-state index contributed by atoms with van der Waals surface area (Å²) in [5.41, 5.74) is 1.11. The third-order valence-corrected chi connectivity index (χ3v) is 4.60. The Hall–Kier alpha value is -1.02. The van der Waals surface area contributed by atoms with E-state index in [0.717, 1.165) is 35.3 Å². The van der Waals surface area contributed by atoms with E-state index in [2.05, 4.69) is 5.32 Å². The van der Waals surface area contributed by atoms with Crippen molar-refractivity contribution in [1.82, 2.24) is 5.32 Å². The molecular weight excluding hydrogens is 246 g/mol. The van der Waals surface area contributed by atoms with Crippen LogP contribution in [-0.4, -0.2) is 5.91 Å². The molecule has 2 fully saturated rings. The lowest BCUT2D eigenvalue weighted by Crippen LogP contribution is -2.32. The lowest BCUT2D eigenvalue weighted by Gasteiger charge is -2.18. The highest BCUT2D eigenvalue weighted by atomic mass is 35.5. The number of nitrogens with one attached hydrogen (secondary N) is 1. The molecule has 0 aliphatic heterocycles. The van der Waals surface area contributed by atoms with Crippen molar-refractivity contribution in [2.45, 2.75) is 32.2 Å². The van der Waals surface area contributed by atoms with Gasteiger partial charge in [0, 0.05) is 10.9 Å². The molecule has 1 amide bonds. The third kappa shape index (κ3) is 2.39. The van der Waals surface area contributed by atoms with Crippen LogP contribution in [-0.2, 0) is 4.79 Å². The van der Waals surface area contributed by atoms with Crippen LogP contribution in [0.1, 0.15) is 37.8 Å². The number of amides is 1. The van der Waals surface area contributed by atoms with Crippen molar-refractivity contribution in [1.29, 1.82) is 0 Å². The molecule has 3 atom stereocenters. The van der Waals surface area contributed by atoms with Crippen molar-refractivity contribution in [3.8, 4) is 0 Å². The molecule has 2 aliphatic rings. The maximum atomic E-state index is 12.1. The summed E-state index contributed by atoms with van der Waals surface area (Å²) in [4.78, 5) is 12.1. The largest absolute Gasteiger partial charge is 0.349 e. The fraction of sp³-hybridized carbons (Fsp3) is 0.533. The number of benzene rings is 1. The van der Waals surface area contributed by atoms with Gasteiger partial charge < -0.3 is 5.32 Å². The lowest BCUT2D eigenvalue weighted by atomic mass is 10.0. The minimum atomic E-state index is 0.0618. The molecule has 0 saturated heterocycles. The number of fused-ring (bicyclic) bond motifs is 1. The van der Waals surface area contributed by atoms with Gasteiger partial charge in [-0.2, -0.15) is 0 Å². The third-order valence-electron chi connectivity index (χ3n) is 4.34. The zero-order valence-electron chi connectivity index (χ0n) is 10.5. The highest BCUT2D eigenvalue weighted by Gasteiger charge is 2.48. The van der Waals surface area contributed by atoms with E-state index in [1.54, 1.807) is 0 Å². The summed E-state index contributed by atoms with van der Waals surface area (Å²) in [6, 6.07) is 7.74. The van der Waals surface area contributed by atoms with E-state index in [1.165, 1.54) is 6.42 Å². The van der Waals surface area contributed by atoms with Gasteiger partial charge in [0.2, 0.25) is 5.91 Å². The summed E-state index contributed by atoms with van der Waals surface area (Å²) in [6.45, 7) is 2.02. The summed E-state index contributed by atoms with van der Waals surface area (Å²) in [7, 11) is 0. The summed E-state index contributed by atoms with van der Waals surface area (Å²) in [5.74, 6) is 2.19. The number of hydrogen-bond acceptors (Lipinski definition) is 1. The number of hydrogen-bond donors (Lipinski definition) is 1. The van der Waals surface area contributed by atoms with E-state index in [-0.39, 0.29) is 17.9 Å². The molecule has 2 saturated carbocycles. The minimum Gasteiger partial charge on any atom is -0.349 e. The summed E-state index contributed by atoms with van der Waals surface area (Å²) < 4.78 is 0. The molecule has 0 heterocycles. The molecule has 96 valence electrons. The first-order valence-corrected chi connectivity index (χ1v) is 7.07. The smallest absolute Gasteiger partial charge is 0.223 e. The summed E-state index contributed by atoms with van der Waals surface area (Å²) >= 11 is 5.86. The first-order chi connectivity index (χ1) is 8.63. The molecule has 2 nitrogen and oxygen atoms in total. The first kappa shape index (κ1) is 12.0. The average molecular weight is 264 g/mol. The van der Waals surface area contributed by atoms with E-state index in [4.69, 9.17) is 11.6 Å². The molecule has 1 aromatic carbocycles. The van der Waals surface area contributed by atoms with Gasteiger partial charge in [-0.1, -0.05) is 23.7 Å². The van der Waals surface area contributed by atoms with E-state index < -0.39 is 0 Å². The highest BCUT2D eigenvalue weighted by Crippen LogP contribution is 2.54. The molecular formula is C15H18ClNO. The van der Waals surface area contributed by atoms with Gasteiger partial charge in [0.15, 0.2) is 0 Å².